The van der Waals surface area contributed by atoms with E-state index in [1.54, 1.807) is 0 Å². The molecule has 0 aliphatic heterocycles. The van der Waals surface area contributed by atoms with Gasteiger partial charge in [0.1, 0.15) is 5.75 Å². The fraction of sp³-hybridized carbons (Fsp3) is 0.500. The first kappa shape index (κ1) is 17.5. The molecule has 6 nitrogen and oxygen atoms in total. The summed E-state index contributed by atoms with van der Waals surface area (Å²) in [6, 6.07) is 7.72. The molecule has 1 amide bonds. The molecule has 0 atom stereocenters. The molecule has 0 saturated heterocycles. The van der Waals surface area contributed by atoms with Crippen molar-refractivity contribution in [2.75, 3.05) is 26.0 Å². The predicted octanol–water partition coefficient (Wildman–Crippen LogP) is 0.819. The summed E-state index contributed by atoms with van der Waals surface area (Å²) in [5, 5.41) is 2.64. The summed E-state index contributed by atoms with van der Waals surface area (Å²) in [5.41, 5.74) is 1.06. The summed E-state index contributed by atoms with van der Waals surface area (Å²) in [7, 11) is -3.20. The monoisotopic (exact) mass is 314 g/mol. The molecule has 0 fully saturated rings. The maximum Gasteiger partial charge on any atom is 0.220 e. The van der Waals surface area contributed by atoms with Gasteiger partial charge >= 0.3 is 0 Å². The van der Waals surface area contributed by atoms with Crippen LogP contribution in [0, 0.1) is 6.92 Å². The Bertz CT molecular complexity index is 558. The van der Waals surface area contributed by atoms with Crippen LogP contribution in [0.25, 0.3) is 0 Å². The van der Waals surface area contributed by atoms with E-state index >= 15 is 0 Å². The van der Waals surface area contributed by atoms with Gasteiger partial charge in [0.05, 0.1) is 12.9 Å². The molecule has 0 unspecified atom stereocenters. The van der Waals surface area contributed by atoms with Crippen molar-refractivity contribution in [3.05, 3.63) is 29.8 Å². The number of benzene rings is 1. The number of amides is 1. The minimum atomic E-state index is -3.20. The first-order valence-corrected chi connectivity index (χ1v) is 8.67. The molecular weight excluding hydrogens is 292 g/mol. The first-order chi connectivity index (χ1) is 9.88. The van der Waals surface area contributed by atoms with Gasteiger partial charge in [0.2, 0.25) is 15.9 Å². The second kappa shape index (κ2) is 8.63. The predicted molar refractivity (Wildman–Crippen MR) is 81.8 cm³/mol. The third kappa shape index (κ3) is 8.31. The molecule has 7 heteroatoms. The highest BCUT2D eigenvalue weighted by molar-refractivity contribution is 7.88. The molecule has 1 rings (SSSR count). The molecule has 0 spiro atoms. The van der Waals surface area contributed by atoms with E-state index in [2.05, 4.69) is 10.0 Å². The van der Waals surface area contributed by atoms with Crippen LogP contribution in [0.15, 0.2) is 24.3 Å². The van der Waals surface area contributed by atoms with Crippen molar-refractivity contribution in [3.63, 3.8) is 0 Å². The van der Waals surface area contributed by atoms with Gasteiger partial charge in [-0.05, 0) is 25.0 Å². The number of carbonyl (C=O) groups is 1. The lowest BCUT2D eigenvalue weighted by Gasteiger charge is -2.09. The van der Waals surface area contributed by atoms with E-state index in [9.17, 15) is 13.2 Å². The Morgan fingerprint density at radius 3 is 2.62 bits per heavy atom. The van der Waals surface area contributed by atoms with Crippen molar-refractivity contribution in [3.8, 4) is 5.75 Å². The van der Waals surface area contributed by atoms with Crippen LogP contribution in [-0.2, 0) is 14.8 Å². The van der Waals surface area contributed by atoms with Crippen LogP contribution in [0.5, 0.6) is 5.75 Å². The smallest absolute Gasteiger partial charge is 0.220 e. The number of para-hydroxylation sites is 1. The standard InChI is InChI=1S/C14H22N2O4S/c1-12-6-3-4-7-13(12)20-11-5-8-14(17)15-9-10-16-21(2,18)19/h3-4,6-7,16H,5,8-11H2,1-2H3,(H,15,17). The van der Waals surface area contributed by atoms with Gasteiger partial charge in [-0.25, -0.2) is 13.1 Å². The molecule has 118 valence electrons. The highest BCUT2D eigenvalue weighted by atomic mass is 32.2. The second-order valence-electron chi connectivity index (χ2n) is 4.73. The molecule has 0 heterocycles. The average molecular weight is 314 g/mol. The fourth-order valence-electron chi connectivity index (χ4n) is 1.66. The molecule has 0 radical (unpaired) electrons. The lowest BCUT2D eigenvalue weighted by Crippen LogP contribution is -2.34. The Balaban J connectivity index is 2.10. The van der Waals surface area contributed by atoms with E-state index in [-0.39, 0.29) is 19.0 Å². The number of nitrogens with one attached hydrogen (secondary N) is 2. The van der Waals surface area contributed by atoms with Gasteiger partial charge < -0.3 is 10.1 Å². The molecule has 2 N–H and O–H groups in total. The third-order valence-corrected chi connectivity index (χ3v) is 3.44. The molecule has 0 aliphatic rings. The van der Waals surface area contributed by atoms with Gasteiger partial charge in [0.25, 0.3) is 0 Å². The summed E-state index contributed by atoms with van der Waals surface area (Å²) >= 11 is 0. The van der Waals surface area contributed by atoms with Crippen molar-refractivity contribution in [1.29, 1.82) is 0 Å². The SMILES string of the molecule is Cc1ccccc1OCCCC(=O)NCCNS(C)(=O)=O. The molecule has 0 bridgehead atoms. The molecule has 0 aromatic heterocycles. The van der Waals surface area contributed by atoms with Crippen molar-refractivity contribution in [2.45, 2.75) is 19.8 Å². The maximum absolute atomic E-state index is 11.5. The zero-order valence-corrected chi connectivity index (χ0v) is 13.2. The van der Waals surface area contributed by atoms with Crippen molar-refractivity contribution < 1.29 is 17.9 Å². The number of hydrogen-bond donors (Lipinski definition) is 2. The summed E-state index contributed by atoms with van der Waals surface area (Å²) in [6.07, 6.45) is 2.04. The van der Waals surface area contributed by atoms with Gasteiger partial charge in [-0.1, -0.05) is 18.2 Å². The third-order valence-electron chi connectivity index (χ3n) is 2.71. The second-order valence-corrected chi connectivity index (χ2v) is 6.57. The largest absolute Gasteiger partial charge is 0.493 e. The van der Waals surface area contributed by atoms with Crippen LogP contribution < -0.4 is 14.8 Å². The topological polar surface area (TPSA) is 84.5 Å². The van der Waals surface area contributed by atoms with Crippen LogP contribution >= 0.6 is 0 Å². The van der Waals surface area contributed by atoms with Crippen LogP contribution in [0.2, 0.25) is 0 Å². The Labute approximate surface area is 125 Å². The van der Waals surface area contributed by atoms with E-state index in [0.29, 0.717) is 19.4 Å². The lowest BCUT2D eigenvalue weighted by atomic mass is 10.2. The van der Waals surface area contributed by atoms with Crippen LogP contribution in [0.4, 0.5) is 0 Å². The van der Waals surface area contributed by atoms with Gasteiger partial charge in [0, 0.05) is 19.5 Å². The normalized spacial score (nSPS) is 11.1. The zero-order chi connectivity index (χ0) is 15.7. The molecule has 0 aliphatic carbocycles. The van der Waals surface area contributed by atoms with Crippen molar-refractivity contribution in [1.82, 2.24) is 10.0 Å². The number of ether oxygens (including phenoxy) is 1. The summed E-state index contributed by atoms with van der Waals surface area (Å²) in [6.45, 7) is 2.92. The van der Waals surface area contributed by atoms with Crippen LogP contribution in [0.3, 0.4) is 0 Å². The molecular formula is C14H22N2O4S. The minimum absolute atomic E-state index is 0.112. The average Bonchev–Trinajstić information content (AvgIpc) is 2.40. The summed E-state index contributed by atoms with van der Waals surface area (Å²) in [4.78, 5) is 11.5. The van der Waals surface area contributed by atoms with Crippen LogP contribution in [0.1, 0.15) is 18.4 Å². The summed E-state index contributed by atoms with van der Waals surface area (Å²) in [5.74, 6) is 0.717. The Morgan fingerprint density at radius 1 is 1.24 bits per heavy atom. The van der Waals surface area contributed by atoms with Crippen LogP contribution in [-0.4, -0.2) is 40.3 Å². The Kier molecular flexibility index (Phi) is 7.18. The van der Waals surface area contributed by atoms with Gasteiger partial charge in [0.15, 0.2) is 0 Å². The van der Waals surface area contributed by atoms with E-state index in [1.807, 2.05) is 31.2 Å². The highest BCUT2D eigenvalue weighted by Crippen LogP contribution is 2.16. The van der Waals surface area contributed by atoms with Gasteiger partial charge in [-0.15, -0.1) is 0 Å². The first-order valence-electron chi connectivity index (χ1n) is 6.78. The Hall–Kier alpha value is -1.60. The van der Waals surface area contributed by atoms with Gasteiger partial charge in [-0.2, -0.15) is 0 Å². The van der Waals surface area contributed by atoms with Crippen molar-refractivity contribution >= 4 is 15.9 Å². The number of rotatable bonds is 9. The number of sulfonamides is 1. The molecule has 0 saturated carbocycles. The van der Waals surface area contributed by atoms with E-state index < -0.39 is 10.0 Å². The lowest BCUT2D eigenvalue weighted by molar-refractivity contribution is -0.121. The number of aryl methyl sites for hydroxylation is 1. The molecule has 1 aromatic rings. The minimum Gasteiger partial charge on any atom is -0.493 e. The zero-order valence-electron chi connectivity index (χ0n) is 12.4. The number of hydrogen-bond acceptors (Lipinski definition) is 4. The molecule has 21 heavy (non-hydrogen) atoms. The summed E-state index contributed by atoms with van der Waals surface area (Å²) < 4.78 is 29.5. The van der Waals surface area contributed by atoms with E-state index in [1.165, 1.54) is 0 Å². The maximum atomic E-state index is 11.5. The Morgan fingerprint density at radius 2 is 1.95 bits per heavy atom. The molecule has 1 aromatic carbocycles. The highest BCUT2D eigenvalue weighted by Gasteiger charge is 2.03. The number of carbonyl (C=O) groups excluding carboxylic acids is 1. The van der Waals surface area contributed by atoms with Crippen molar-refractivity contribution in [2.24, 2.45) is 0 Å². The van der Waals surface area contributed by atoms with E-state index in [0.717, 1.165) is 17.6 Å². The quantitative estimate of drug-likeness (QED) is 0.661. The van der Waals surface area contributed by atoms with Gasteiger partial charge in [-0.3, -0.25) is 4.79 Å². The fourth-order valence-corrected chi connectivity index (χ4v) is 2.13. The van der Waals surface area contributed by atoms with E-state index in [4.69, 9.17) is 4.74 Å².